The van der Waals surface area contributed by atoms with Crippen LogP contribution in [-0.2, 0) is 0 Å². The number of halogens is 9. The molecule has 0 fully saturated rings. The van der Waals surface area contributed by atoms with E-state index in [2.05, 4.69) is 14.2 Å². The summed E-state index contributed by atoms with van der Waals surface area (Å²) in [5, 5.41) is 0. The number of alkyl halides is 9. The molecule has 0 radical (unpaired) electrons. The van der Waals surface area contributed by atoms with E-state index in [0.717, 1.165) is 48.5 Å². The molecule has 0 aliphatic carbocycles. The topological polar surface area (TPSA) is 134 Å². The molecule has 0 aliphatic heterocycles. The summed E-state index contributed by atoms with van der Waals surface area (Å²) in [5.74, 6) is -1.27. The fraction of sp³-hybridized carbons (Fsp3) is 0.0714. The van der Waals surface area contributed by atoms with Crippen LogP contribution in [0.4, 0.5) is 53.9 Å². The van der Waals surface area contributed by atoms with Gasteiger partial charge in [0.25, 0.3) is 0 Å². The molecule has 0 amide bonds. The molecule has 0 aromatic heterocycles. The van der Waals surface area contributed by atoms with Gasteiger partial charge in [-0.15, -0.1) is 39.5 Å². The number of benzene rings is 6. The molecule has 6 aromatic carbocycles. The lowest BCUT2D eigenvalue weighted by atomic mass is 10.3. The highest BCUT2D eigenvalue weighted by atomic mass is 19.4. The minimum atomic E-state index is -4.89. The van der Waals surface area contributed by atoms with Crippen molar-refractivity contribution >= 4 is 18.5 Å². The van der Waals surface area contributed by atoms with Gasteiger partial charge in [0.1, 0.15) is 40.2 Å². The van der Waals surface area contributed by atoms with E-state index in [4.69, 9.17) is 28.4 Å². The van der Waals surface area contributed by atoms with Crippen molar-refractivity contribution in [3.8, 4) is 51.7 Å². The fourth-order valence-corrected chi connectivity index (χ4v) is 4.29. The van der Waals surface area contributed by atoms with Gasteiger partial charge < -0.3 is 42.6 Å². The number of para-hydroxylation sites is 5. The predicted octanol–water partition coefficient (Wildman–Crippen LogP) is 12.5. The molecular weight excluding hydrogens is 867 g/mol. The summed E-state index contributed by atoms with van der Waals surface area (Å²) in [4.78, 5) is 34.4. The van der Waals surface area contributed by atoms with Crippen molar-refractivity contribution < 1.29 is 96.5 Å². The molecule has 12 nitrogen and oxygen atoms in total. The molecule has 0 heterocycles. The zero-order chi connectivity index (χ0) is 45.9. The minimum Gasteiger partial charge on any atom is -0.406 e. The number of hydrogen-bond donors (Lipinski definition) is 0. The van der Waals surface area contributed by atoms with Crippen LogP contribution in [-0.4, -0.2) is 37.6 Å². The maximum absolute atomic E-state index is 12.2. The van der Waals surface area contributed by atoms with Gasteiger partial charge in [-0.3, -0.25) is 0 Å². The van der Waals surface area contributed by atoms with E-state index in [1.54, 1.807) is 66.7 Å². The van der Waals surface area contributed by atoms with Crippen LogP contribution in [0, 0.1) is 0 Å². The van der Waals surface area contributed by atoms with E-state index in [0.29, 0.717) is 5.75 Å². The molecule has 330 valence electrons. The van der Waals surface area contributed by atoms with Crippen LogP contribution in [0.5, 0.6) is 51.7 Å². The Labute approximate surface area is 349 Å². The second kappa shape index (κ2) is 22.5. The van der Waals surface area contributed by atoms with Crippen molar-refractivity contribution in [1.29, 1.82) is 0 Å². The molecule has 6 aromatic rings. The molecule has 0 aliphatic rings. The first-order valence-corrected chi connectivity index (χ1v) is 17.2. The monoisotopic (exact) mass is 894 g/mol. The van der Waals surface area contributed by atoms with Gasteiger partial charge in [-0.2, -0.15) is 0 Å². The van der Waals surface area contributed by atoms with E-state index >= 15 is 0 Å². The van der Waals surface area contributed by atoms with Gasteiger partial charge in [0, 0.05) is 6.07 Å². The average Bonchev–Trinajstić information content (AvgIpc) is 3.19. The molecule has 21 heteroatoms. The van der Waals surface area contributed by atoms with Crippen molar-refractivity contribution in [1.82, 2.24) is 0 Å². The molecule has 6 rings (SSSR count). The summed E-state index contributed by atoms with van der Waals surface area (Å²) in [6, 6.07) is 38.1. The molecule has 0 saturated carbocycles. The van der Waals surface area contributed by atoms with Gasteiger partial charge >= 0.3 is 37.6 Å². The van der Waals surface area contributed by atoms with Crippen molar-refractivity contribution in [2.75, 3.05) is 0 Å². The first-order valence-electron chi connectivity index (χ1n) is 17.2. The van der Waals surface area contributed by atoms with Gasteiger partial charge in [-0.25, -0.2) is 14.4 Å². The Morgan fingerprint density at radius 1 is 0.286 bits per heavy atom. The number of carbonyl (C=O) groups is 3. The second-order valence-electron chi connectivity index (χ2n) is 11.3. The zero-order valence-corrected chi connectivity index (χ0v) is 31.4. The van der Waals surface area contributed by atoms with Crippen LogP contribution in [0.15, 0.2) is 164 Å². The van der Waals surface area contributed by atoms with Crippen LogP contribution in [0.1, 0.15) is 0 Å². The summed E-state index contributed by atoms with van der Waals surface area (Å²) in [6.45, 7) is 0. The minimum absolute atomic E-state index is 0.0328. The van der Waals surface area contributed by atoms with Crippen molar-refractivity contribution in [2.45, 2.75) is 19.1 Å². The number of hydrogen-bond acceptors (Lipinski definition) is 12. The lowest BCUT2D eigenvalue weighted by Gasteiger charge is -2.12. The van der Waals surface area contributed by atoms with Gasteiger partial charge in [-0.05, 0) is 84.9 Å². The second-order valence-corrected chi connectivity index (χ2v) is 11.3. The Morgan fingerprint density at radius 2 is 0.587 bits per heavy atom. The molecule has 0 unspecified atom stereocenters. The summed E-state index contributed by atoms with van der Waals surface area (Å²) in [6.07, 6.45) is -17.7. The Balaban J connectivity index is 0.000000207. The highest BCUT2D eigenvalue weighted by Gasteiger charge is 2.33. The summed E-state index contributed by atoms with van der Waals surface area (Å²) >= 11 is 0. The summed E-state index contributed by atoms with van der Waals surface area (Å²) in [7, 11) is 0. The Bertz CT molecular complexity index is 2340. The molecule has 0 N–H and O–H groups in total. The lowest BCUT2D eigenvalue weighted by Crippen LogP contribution is -2.19. The Kier molecular flexibility index (Phi) is 17.0. The van der Waals surface area contributed by atoms with Crippen LogP contribution in [0.3, 0.4) is 0 Å². The molecule has 0 spiro atoms. The lowest BCUT2D eigenvalue weighted by molar-refractivity contribution is -0.275. The molecule has 0 bridgehead atoms. The normalized spacial score (nSPS) is 10.8. The number of rotatable bonds is 9. The van der Waals surface area contributed by atoms with Crippen LogP contribution >= 0.6 is 0 Å². The van der Waals surface area contributed by atoms with E-state index in [9.17, 15) is 53.9 Å². The van der Waals surface area contributed by atoms with Crippen molar-refractivity contribution in [3.63, 3.8) is 0 Å². The summed E-state index contributed by atoms with van der Waals surface area (Å²) < 4.78 is 149. The van der Waals surface area contributed by atoms with E-state index in [1.807, 2.05) is 0 Å². The van der Waals surface area contributed by atoms with Crippen LogP contribution < -0.4 is 42.6 Å². The predicted molar refractivity (Wildman–Crippen MR) is 199 cm³/mol. The quantitative estimate of drug-likeness (QED) is 0.0776. The van der Waals surface area contributed by atoms with Gasteiger partial charge in [-0.1, -0.05) is 72.8 Å². The third-order valence-electron chi connectivity index (χ3n) is 6.60. The van der Waals surface area contributed by atoms with E-state index < -0.39 is 60.6 Å². The highest BCUT2D eigenvalue weighted by molar-refractivity contribution is 5.69. The maximum Gasteiger partial charge on any atom is 0.573 e. The third-order valence-corrected chi connectivity index (χ3v) is 6.60. The molecular formula is C42H27F9O12. The van der Waals surface area contributed by atoms with Crippen LogP contribution in [0.25, 0.3) is 0 Å². The zero-order valence-electron chi connectivity index (χ0n) is 31.4. The maximum atomic E-state index is 12.2. The number of ether oxygens (including phenoxy) is 9. The number of carbonyl (C=O) groups excluding carboxylic acids is 3. The van der Waals surface area contributed by atoms with Crippen molar-refractivity contribution in [2.24, 2.45) is 0 Å². The van der Waals surface area contributed by atoms with Crippen LogP contribution in [0.2, 0.25) is 0 Å². The van der Waals surface area contributed by atoms with Gasteiger partial charge in [0.15, 0.2) is 11.5 Å². The molecule has 0 saturated heterocycles. The Hall–Kier alpha value is -8.10. The highest BCUT2D eigenvalue weighted by Crippen LogP contribution is 2.32. The van der Waals surface area contributed by atoms with Crippen molar-refractivity contribution in [3.05, 3.63) is 164 Å². The molecule has 0 atom stereocenters. The smallest absolute Gasteiger partial charge is 0.406 e. The first-order chi connectivity index (χ1) is 29.8. The van der Waals surface area contributed by atoms with Gasteiger partial charge in [0.05, 0.1) is 0 Å². The van der Waals surface area contributed by atoms with E-state index in [-0.39, 0.29) is 23.0 Å². The summed E-state index contributed by atoms with van der Waals surface area (Å²) in [5.41, 5.74) is 0. The average molecular weight is 895 g/mol. The SMILES string of the molecule is O=C(Oc1ccccc1)Oc1ccc(OC(F)(F)F)cc1.O=C(Oc1ccccc1)Oc1cccc(OC(F)(F)F)c1.O=C(Oc1ccccc1)Oc1ccccc1OC(F)(F)F. The van der Waals surface area contributed by atoms with Gasteiger partial charge in [0.2, 0.25) is 0 Å². The third kappa shape index (κ3) is 19.7. The largest absolute Gasteiger partial charge is 0.573 e. The Morgan fingerprint density at radius 3 is 1.02 bits per heavy atom. The standard InChI is InChI=1S/3C14H9F3O4/c15-14(16,17)21-12-9-5-4-8-11(12)20-13(18)19-10-6-2-1-3-7-10;15-14(16,17)21-12-8-4-7-11(9-12)20-13(18)19-10-5-2-1-3-6-10;15-14(16,17)21-12-8-6-11(7-9-12)20-13(18)19-10-4-2-1-3-5-10/h3*1-9H. The molecule has 63 heavy (non-hydrogen) atoms. The fourth-order valence-electron chi connectivity index (χ4n) is 4.29. The van der Waals surface area contributed by atoms with E-state index in [1.165, 1.54) is 48.5 Å². The first kappa shape index (κ1) is 47.6.